The van der Waals surface area contributed by atoms with Crippen LogP contribution >= 0.6 is 23.1 Å². The summed E-state index contributed by atoms with van der Waals surface area (Å²) in [7, 11) is 0. The van der Waals surface area contributed by atoms with Gasteiger partial charge in [0, 0.05) is 35.3 Å². The number of thiazole rings is 1. The summed E-state index contributed by atoms with van der Waals surface area (Å²) < 4.78 is 1.55. The van der Waals surface area contributed by atoms with E-state index in [0.717, 1.165) is 17.1 Å². The van der Waals surface area contributed by atoms with Crippen LogP contribution in [0.25, 0.3) is 4.96 Å². The lowest BCUT2D eigenvalue weighted by Crippen LogP contribution is -2.13. The fourth-order valence-corrected chi connectivity index (χ4v) is 3.07. The Morgan fingerprint density at radius 1 is 1.65 bits per heavy atom. The highest BCUT2D eigenvalue weighted by Crippen LogP contribution is 2.18. The van der Waals surface area contributed by atoms with Gasteiger partial charge in [-0.05, 0) is 6.42 Å². The summed E-state index contributed by atoms with van der Waals surface area (Å²) in [6, 6.07) is 1.58. The molecule has 0 aliphatic carbocycles. The Hall–Kier alpha value is -0.850. The van der Waals surface area contributed by atoms with Gasteiger partial charge in [-0.2, -0.15) is 11.8 Å². The molecule has 0 aromatic carbocycles. The van der Waals surface area contributed by atoms with Crippen LogP contribution in [-0.4, -0.2) is 26.3 Å². The molecule has 0 fully saturated rings. The van der Waals surface area contributed by atoms with Crippen LogP contribution in [0.1, 0.15) is 19.0 Å². The van der Waals surface area contributed by atoms with Gasteiger partial charge in [-0.25, -0.2) is 4.98 Å². The molecular formula is C11H14N2O2S2. The van der Waals surface area contributed by atoms with Crippen molar-refractivity contribution in [3.05, 3.63) is 33.7 Å². The predicted octanol–water partition coefficient (Wildman–Crippen LogP) is 1.76. The van der Waals surface area contributed by atoms with E-state index in [2.05, 4.69) is 11.9 Å². The summed E-state index contributed by atoms with van der Waals surface area (Å²) in [5.74, 6) is 0.713. The molecule has 0 saturated heterocycles. The molecule has 0 bridgehead atoms. The van der Waals surface area contributed by atoms with Crippen LogP contribution in [0.4, 0.5) is 0 Å². The molecule has 17 heavy (non-hydrogen) atoms. The molecule has 0 amide bonds. The maximum atomic E-state index is 11.7. The van der Waals surface area contributed by atoms with Crippen molar-refractivity contribution in [3.8, 4) is 0 Å². The highest BCUT2D eigenvalue weighted by molar-refractivity contribution is 7.99. The number of fused-ring (bicyclic) bond motifs is 1. The van der Waals surface area contributed by atoms with Gasteiger partial charge in [0.25, 0.3) is 5.56 Å². The lowest BCUT2D eigenvalue weighted by atomic mass is 10.3. The van der Waals surface area contributed by atoms with Gasteiger partial charge in [0.05, 0.1) is 5.69 Å². The van der Waals surface area contributed by atoms with Gasteiger partial charge < -0.3 is 5.11 Å². The van der Waals surface area contributed by atoms with Crippen molar-refractivity contribution < 1.29 is 5.11 Å². The van der Waals surface area contributed by atoms with Crippen molar-refractivity contribution in [2.45, 2.75) is 24.3 Å². The van der Waals surface area contributed by atoms with Gasteiger partial charge in [-0.1, -0.05) is 6.92 Å². The van der Waals surface area contributed by atoms with E-state index in [1.54, 1.807) is 28.4 Å². The van der Waals surface area contributed by atoms with Crippen molar-refractivity contribution in [1.82, 2.24) is 9.38 Å². The molecule has 0 radical (unpaired) electrons. The quantitative estimate of drug-likeness (QED) is 0.899. The molecule has 0 aliphatic heterocycles. The first-order chi connectivity index (χ1) is 8.20. The van der Waals surface area contributed by atoms with E-state index < -0.39 is 0 Å². The summed E-state index contributed by atoms with van der Waals surface area (Å²) in [6.45, 7) is 2.27. The lowest BCUT2D eigenvalue weighted by molar-refractivity contribution is 0.289. The Kier molecular flexibility index (Phi) is 4.20. The smallest absolute Gasteiger partial charge is 0.258 e. The topological polar surface area (TPSA) is 54.6 Å². The van der Waals surface area contributed by atoms with Crippen molar-refractivity contribution >= 4 is 28.1 Å². The zero-order valence-corrected chi connectivity index (χ0v) is 11.1. The maximum absolute atomic E-state index is 11.7. The SMILES string of the molecule is CC(CCO)SCc1cc(=O)n2ccsc2n1. The normalized spacial score (nSPS) is 13.1. The molecule has 2 heterocycles. The summed E-state index contributed by atoms with van der Waals surface area (Å²) in [5.41, 5.74) is 0.786. The first-order valence-electron chi connectivity index (χ1n) is 5.39. The average Bonchev–Trinajstić information content (AvgIpc) is 2.75. The fourth-order valence-electron chi connectivity index (χ4n) is 1.45. The number of aliphatic hydroxyl groups is 1. The van der Waals surface area contributed by atoms with Gasteiger partial charge in [0.1, 0.15) is 0 Å². The Bertz CT molecular complexity index is 550. The molecular weight excluding hydrogens is 256 g/mol. The van der Waals surface area contributed by atoms with Crippen LogP contribution in [0, 0.1) is 0 Å². The van der Waals surface area contributed by atoms with Crippen molar-refractivity contribution in [2.24, 2.45) is 0 Å². The van der Waals surface area contributed by atoms with Crippen LogP contribution in [0.5, 0.6) is 0 Å². The molecule has 0 saturated carbocycles. The third-order valence-electron chi connectivity index (χ3n) is 2.41. The fraction of sp³-hybridized carbons (Fsp3) is 0.455. The third-order valence-corrected chi connectivity index (χ3v) is 4.43. The third kappa shape index (κ3) is 3.08. The van der Waals surface area contributed by atoms with E-state index in [4.69, 9.17) is 5.11 Å². The highest BCUT2D eigenvalue weighted by atomic mass is 32.2. The molecule has 1 atom stereocenters. The minimum Gasteiger partial charge on any atom is -0.396 e. The number of hydrogen-bond acceptors (Lipinski definition) is 5. The van der Waals surface area contributed by atoms with E-state index in [1.165, 1.54) is 11.3 Å². The number of aromatic nitrogens is 2. The molecule has 92 valence electrons. The minimum absolute atomic E-state index is 0.0262. The Labute approximate surface area is 107 Å². The zero-order chi connectivity index (χ0) is 12.3. The zero-order valence-electron chi connectivity index (χ0n) is 9.50. The predicted molar refractivity (Wildman–Crippen MR) is 71.8 cm³/mol. The second-order valence-corrected chi connectivity index (χ2v) is 6.07. The summed E-state index contributed by atoms with van der Waals surface area (Å²) in [5, 5.41) is 11.0. The molecule has 4 nitrogen and oxygen atoms in total. The van der Waals surface area contributed by atoms with Crippen molar-refractivity contribution in [1.29, 1.82) is 0 Å². The first-order valence-corrected chi connectivity index (χ1v) is 7.32. The van der Waals surface area contributed by atoms with Gasteiger partial charge in [-0.15, -0.1) is 11.3 Å². The highest BCUT2D eigenvalue weighted by Gasteiger charge is 2.06. The van der Waals surface area contributed by atoms with Crippen LogP contribution in [0.2, 0.25) is 0 Å². The Balaban J connectivity index is 2.11. The molecule has 1 unspecified atom stereocenters. The first kappa shape index (κ1) is 12.6. The van der Waals surface area contributed by atoms with E-state index in [-0.39, 0.29) is 12.2 Å². The van der Waals surface area contributed by atoms with Crippen LogP contribution in [0.15, 0.2) is 22.4 Å². The summed E-state index contributed by atoms with van der Waals surface area (Å²) in [6.07, 6.45) is 2.51. The van der Waals surface area contributed by atoms with E-state index in [9.17, 15) is 4.79 Å². The van der Waals surface area contributed by atoms with Crippen molar-refractivity contribution in [3.63, 3.8) is 0 Å². The Morgan fingerprint density at radius 3 is 3.24 bits per heavy atom. The molecule has 0 aliphatic rings. The van der Waals surface area contributed by atoms with Crippen LogP contribution in [-0.2, 0) is 5.75 Å². The molecule has 1 N–H and O–H groups in total. The average molecular weight is 270 g/mol. The molecule has 2 aromatic rings. The molecule has 2 aromatic heterocycles. The number of hydrogen-bond donors (Lipinski definition) is 1. The monoisotopic (exact) mass is 270 g/mol. The lowest BCUT2D eigenvalue weighted by Gasteiger charge is -2.08. The van der Waals surface area contributed by atoms with Crippen LogP contribution in [0.3, 0.4) is 0 Å². The van der Waals surface area contributed by atoms with Gasteiger partial charge >= 0.3 is 0 Å². The second-order valence-electron chi connectivity index (χ2n) is 3.78. The van der Waals surface area contributed by atoms with E-state index in [1.807, 2.05) is 5.38 Å². The summed E-state index contributed by atoms with van der Waals surface area (Å²) >= 11 is 3.17. The van der Waals surface area contributed by atoms with Crippen LogP contribution < -0.4 is 5.56 Å². The van der Waals surface area contributed by atoms with Gasteiger partial charge in [0.2, 0.25) is 0 Å². The molecule has 6 heteroatoms. The number of nitrogens with zero attached hydrogens (tertiary/aromatic N) is 2. The number of thioether (sulfide) groups is 1. The maximum Gasteiger partial charge on any atom is 0.258 e. The van der Waals surface area contributed by atoms with E-state index in [0.29, 0.717) is 11.0 Å². The standard InChI is InChI=1S/C11H14N2O2S2/c1-8(2-4-14)17-7-9-6-10(15)13-3-5-16-11(13)12-9/h3,5-6,8,14H,2,4,7H2,1H3. The summed E-state index contributed by atoms with van der Waals surface area (Å²) in [4.78, 5) is 16.9. The van der Waals surface area contributed by atoms with E-state index >= 15 is 0 Å². The van der Waals surface area contributed by atoms with Gasteiger partial charge in [0.15, 0.2) is 4.96 Å². The second kappa shape index (κ2) is 5.66. The molecule has 0 spiro atoms. The number of rotatable bonds is 5. The molecule has 2 rings (SSSR count). The minimum atomic E-state index is -0.0262. The number of aliphatic hydroxyl groups excluding tert-OH is 1. The Morgan fingerprint density at radius 2 is 2.47 bits per heavy atom. The van der Waals surface area contributed by atoms with Crippen molar-refractivity contribution in [2.75, 3.05) is 6.61 Å². The van der Waals surface area contributed by atoms with Gasteiger partial charge in [-0.3, -0.25) is 9.20 Å². The largest absolute Gasteiger partial charge is 0.396 e.